The van der Waals surface area contributed by atoms with Crippen molar-refractivity contribution in [3.05, 3.63) is 69.5 Å². The highest BCUT2D eigenvalue weighted by atomic mass is 79.9. The van der Waals surface area contributed by atoms with Crippen LogP contribution < -0.4 is 0 Å². The average molecular weight is 529 g/mol. The van der Waals surface area contributed by atoms with Gasteiger partial charge in [-0.25, -0.2) is 9.50 Å². The zero-order valence-electron chi connectivity index (χ0n) is 18.2. The minimum absolute atomic E-state index is 0.0815. The third kappa shape index (κ3) is 4.40. The minimum atomic E-state index is -0.0815. The normalized spacial score (nSPS) is 14.8. The predicted molar refractivity (Wildman–Crippen MR) is 130 cm³/mol. The molecular weight excluding hydrogens is 506 g/mol. The Hall–Kier alpha value is -2.75. The summed E-state index contributed by atoms with van der Waals surface area (Å²) in [6.45, 7) is 6.43. The van der Waals surface area contributed by atoms with Crippen LogP contribution in [0.5, 0.6) is 0 Å². The summed E-state index contributed by atoms with van der Waals surface area (Å²) in [5.74, 6) is -0.0815. The summed E-state index contributed by atoms with van der Waals surface area (Å²) in [6.07, 6.45) is 3.64. The molecular formula is C23H23BrClN7O. The maximum absolute atomic E-state index is 13.2. The lowest BCUT2D eigenvalue weighted by atomic mass is 10.2. The molecule has 10 heteroatoms. The predicted octanol–water partition coefficient (Wildman–Crippen LogP) is 3.99. The molecule has 0 saturated carbocycles. The SMILES string of the molecule is CCn1cc(Br)c(-c2ccnc3cc(C(=O)N4CCN(Cc5ccccc5Cl)CC4)nn23)n1. The smallest absolute Gasteiger partial charge is 0.274 e. The Bertz CT molecular complexity index is 1310. The molecule has 1 aliphatic rings. The first-order chi connectivity index (χ1) is 16.0. The van der Waals surface area contributed by atoms with Gasteiger partial charge in [0.1, 0.15) is 5.69 Å². The highest BCUT2D eigenvalue weighted by molar-refractivity contribution is 9.10. The zero-order chi connectivity index (χ0) is 22.9. The van der Waals surface area contributed by atoms with Gasteiger partial charge in [-0.1, -0.05) is 29.8 Å². The Morgan fingerprint density at radius 1 is 1.12 bits per heavy atom. The summed E-state index contributed by atoms with van der Waals surface area (Å²) in [4.78, 5) is 21.8. The van der Waals surface area contributed by atoms with E-state index in [1.54, 1.807) is 16.8 Å². The van der Waals surface area contributed by atoms with Crippen LogP contribution in [0, 0.1) is 0 Å². The molecule has 0 spiro atoms. The number of nitrogens with zero attached hydrogens (tertiary/aromatic N) is 7. The Morgan fingerprint density at radius 3 is 2.64 bits per heavy atom. The molecule has 1 saturated heterocycles. The molecule has 4 heterocycles. The minimum Gasteiger partial charge on any atom is -0.335 e. The first kappa shape index (κ1) is 22.1. The molecule has 0 unspecified atom stereocenters. The number of hydrogen-bond acceptors (Lipinski definition) is 5. The number of fused-ring (bicyclic) bond motifs is 1. The molecule has 33 heavy (non-hydrogen) atoms. The Morgan fingerprint density at radius 2 is 1.91 bits per heavy atom. The second-order valence-corrected chi connectivity index (χ2v) is 9.23. The van der Waals surface area contributed by atoms with Gasteiger partial charge in [0.25, 0.3) is 5.91 Å². The van der Waals surface area contributed by atoms with E-state index < -0.39 is 0 Å². The van der Waals surface area contributed by atoms with Gasteiger partial charge in [-0.2, -0.15) is 10.2 Å². The van der Waals surface area contributed by atoms with Crippen LogP contribution in [0.15, 0.2) is 53.3 Å². The summed E-state index contributed by atoms with van der Waals surface area (Å²) in [5.41, 5.74) is 3.66. The van der Waals surface area contributed by atoms with Gasteiger partial charge in [-0.15, -0.1) is 0 Å². The maximum Gasteiger partial charge on any atom is 0.274 e. The number of aromatic nitrogens is 5. The molecule has 8 nitrogen and oxygen atoms in total. The van der Waals surface area contributed by atoms with Crippen molar-refractivity contribution < 1.29 is 4.79 Å². The third-order valence-electron chi connectivity index (χ3n) is 5.87. The van der Waals surface area contributed by atoms with Crippen molar-refractivity contribution in [3.8, 4) is 11.4 Å². The molecule has 0 aliphatic carbocycles. The molecule has 0 bridgehead atoms. The Balaban J connectivity index is 1.32. The van der Waals surface area contributed by atoms with Crippen molar-refractivity contribution >= 4 is 39.1 Å². The fraction of sp³-hybridized carbons (Fsp3) is 0.304. The van der Waals surface area contributed by atoms with E-state index in [-0.39, 0.29) is 5.91 Å². The quantitative estimate of drug-likeness (QED) is 0.392. The van der Waals surface area contributed by atoms with Gasteiger partial charge in [0.2, 0.25) is 0 Å². The zero-order valence-corrected chi connectivity index (χ0v) is 20.5. The van der Waals surface area contributed by atoms with E-state index in [0.717, 1.165) is 52.6 Å². The molecule has 5 rings (SSSR count). The molecule has 0 N–H and O–H groups in total. The monoisotopic (exact) mass is 527 g/mol. The maximum atomic E-state index is 13.2. The van der Waals surface area contributed by atoms with Gasteiger partial charge >= 0.3 is 0 Å². The van der Waals surface area contributed by atoms with Gasteiger partial charge in [-0.3, -0.25) is 14.4 Å². The van der Waals surface area contributed by atoms with E-state index in [9.17, 15) is 4.79 Å². The van der Waals surface area contributed by atoms with Gasteiger partial charge in [-0.05, 0) is 40.5 Å². The van der Waals surface area contributed by atoms with E-state index in [1.165, 1.54) is 0 Å². The number of amides is 1. The number of benzene rings is 1. The molecule has 1 fully saturated rings. The first-order valence-electron chi connectivity index (χ1n) is 10.9. The molecule has 3 aromatic heterocycles. The molecule has 4 aromatic rings. The number of carbonyl (C=O) groups excluding carboxylic acids is 1. The number of aryl methyl sites for hydroxylation is 1. The second kappa shape index (κ2) is 9.24. The number of piperazine rings is 1. The van der Waals surface area contributed by atoms with Gasteiger partial charge in [0.05, 0.1) is 10.2 Å². The highest BCUT2D eigenvalue weighted by Gasteiger charge is 2.25. The largest absolute Gasteiger partial charge is 0.335 e. The molecule has 1 amide bonds. The van der Waals surface area contributed by atoms with Crippen molar-refractivity contribution in [2.45, 2.75) is 20.0 Å². The van der Waals surface area contributed by atoms with Crippen LogP contribution in [0.3, 0.4) is 0 Å². The number of hydrogen-bond donors (Lipinski definition) is 0. The lowest BCUT2D eigenvalue weighted by Gasteiger charge is -2.34. The molecule has 0 radical (unpaired) electrons. The van der Waals surface area contributed by atoms with E-state index in [4.69, 9.17) is 11.6 Å². The van der Waals surface area contributed by atoms with Crippen molar-refractivity contribution in [2.75, 3.05) is 26.2 Å². The Labute approximate surface area is 204 Å². The van der Waals surface area contributed by atoms with E-state index >= 15 is 0 Å². The van der Waals surface area contributed by atoms with Crippen LogP contribution in [-0.4, -0.2) is 66.3 Å². The lowest BCUT2D eigenvalue weighted by molar-refractivity contribution is 0.0622. The van der Waals surface area contributed by atoms with Crippen molar-refractivity contribution in [2.24, 2.45) is 0 Å². The van der Waals surface area contributed by atoms with E-state index in [2.05, 4.69) is 36.0 Å². The Kier molecular flexibility index (Phi) is 6.18. The molecule has 1 aliphatic heterocycles. The summed E-state index contributed by atoms with van der Waals surface area (Å²) in [5, 5.41) is 9.99. The van der Waals surface area contributed by atoms with Gasteiger partial charge in [0.15, 0.2) is 11.3 Å². The summed E-state index contributed by atoms with van der Waals surface area (Å²) in [7, 11) is 0. The third-order valence-corrected chi connectivity index (χ3v) is 6.82. The standard InChI is InChI=1S/C23H23BrClN7O/c1-2-31-15-17(24)22(28-31)20-7-8-26-21-13-19(27-32(20)21)23(33)30-11-9-29(10-12-30)14-16-5-3-4-6-18(16)25/h3-8,13,15H,2,9-12,14H2,1H3. The summed E-state index contributed by atoms with van der Waals surface area (Å²) in [6, 6.07) is 11.5. The second-order valence-electron chi connectivity index (χ2n) is 7.97. The van der Waals surface area contributed by atoms with Gasteiger partial charge < -0.3 is 4.90 Å². The van der Waals surface area contributed by atoms with Crippen molar-refractivity contribution in [3.63, 3.8) is 0 Å². The number of halogens is 2. The highest BCUT2D eigenvalue weighted by Crippen LogP contribution is 2.27. The molecule has 170 valence electrons. The average Bonchev–Trinajstić information content (AvgIpc) is 3.44. The van der Waals surface area contributed by atoms with Gasteiger partial charge in [0, 0.05) is 62.8 Å². The van der Waals surface area contributed by atoms with E-state index in [1.807, 2.05) is 53.0 Å². The first-order valence-corrected chi connectivity index (χ1v) is 12.0. The van der Waals surface area contributed by atoms with Crippen molar-refractivity contribution in [1.29, 1.82) is 0 Å². The lowest BCUT2D eigenvalue weighted by Crippen LogP contribution is -2.48. The number of rotatable bonds is 5. The van der Waals surface area contributed by atoms with Crippen LogP contribution in [0.4, 0.5) is 0 Å². The van der Waals surface area contributed by atoms with Crippen LogP contribution in [0.2, 0.25) is 5.02 Å². The number of carbonyl (C=O) groups is 1. The topological polar surface area (TPSA) is 71.6 Å². The fourth-order valence-corrected chi connectivity index (χ4v) is 4.76. The van der Waals surface area contributed by atoms with Crippen LogP contribution in [-0.2, 0) is 13.1 Å². The summed E-state index contributed by atoms with van der Waals surface area (Å²) >= 11 is 9.88. The van der Waals surface area contributed by atoms with Crippen LogP contribution in [0.1, 0.15) is 23.0 Å². The van der Waals surface area contributed by atoms with Crippen molar-refractivity contribution in [1.82, 2.24) is 34.2 Å². The summed E-state index contributed by atoms with van der Waals surface area (Å²) < 4.78 is 4.41. The van der Waals surface area contributed by atoms with Crippen LogP contribution in [0.25, 0.3) is 17.0 Å². The molecule has 1 aromatic carbocycles. The molecule has 0 atom stereocenters. The van der Waals surface area contributed by atoms with Crippen LogP contribution >= 0.6 is 27.5 Å². The fourth-order valence-electron chi connectivity index (χ4n) is 4.05. The van der Waals surface area contributed by atoms with E-state index in [0.29, 0.717) is 24.4 Å².